The summed E-state index contributed by atoms with van der Waals surface area (Å²) in [6.45, 7) is 0. The second-order valence-corrected chi connectivity index (χ2v) is 4.80. The van der Waals surface area contributed by atoms with Crippen LogP contribution < -0.4 is 5.73 Å². The molecule has 0 aliphatic carbocycles. The van der Waals surface area contributed by atoms with Gasteiger partial charge in [0.25, 0.3) is 0 Å². The van der Waals surface area contributed by atoms with Gasteiger partial charge in [-0.15, -0.1) is 0 Å². The maximum atomic E-state index is 13.2. The maximum Gasteiger partial charge on any atom is 0.125 e. The zero-order valence-corrected chi connectivity index (χ0v) is 11.2. The lowest BCUT2D eigenvalue weighted by Crippen LogP contribution is -1.95. The number of anilines is 1. The number of nitrogens with two attached hydrogens (primary N) is 1. The van der Waals surface area contributed by atoms with E-state index < -0.39 is 0 Å². The largest absolute Gasteiger partial charge is 0.396 e. The van der Waals surface area contributed by atoms with Crippen LogP contribution in [0.25, 0.3) is 16.9 Å². The fourth-order valence-corrected chi connectivity index (χ4v) is 2.10. The Morgan fingerprint density at radius 2 is 1.85 bits per heavy atom. The molecule has 1 aromatic heterocycles. The van der Waals surface area contributed by atoms with Crippen LogP contribution in [0.2, 0.25) is 5.02 Å². The predicted octanol–water partition coefficient (Wildman–Crippen LogP) is 3.91. The third-order valence-electron chi connectivity index (χ3n) is 2.93. The van der Waals surface area contributed by atoms with Crippen molar-refractivity contribution in [2.75, 3.05) is 5.73 Å². The molecule has 0 aliphatic rings. The number of nitrogen functional groups attached to an aromatic ring is 1. The van der Waals surface area contributed by atoms with Gasteiger partial charge in [0.15, 0.2) is 0 Å². The van der Waals surface area contributed by atoms with Crippen LogP contribution >= 0.6 is 11.6 Å². The standard InChI is InChI=1S/C15H11ClFN3/c16-11-6-4-10(5-7-11)15-14(18)9-20(19-15)13-3-1-2-12(17)8-13/h1-9H,18H2. The highest BCUT2D eigenvalue weighted by Crippen LogP contribution is 2.26. The molecule has 0 bridgehead atoms. The van der Waals surface area contributed by atoms with Gasteiger partial charge in [-0.25, -0.2) is 9.07 Å². The molecule has 0 saturated carbocycles. The molecule has 1 heterocycles. The molecular weight excluding hydrogens is 277 g/mol. The summed E-state index contributed by atoms with van der Waals surface area (Å²) in [6.07, 6.45) is 1.67. The van der Waals surface area contributed by atoms with Crippen molar-refractivity contribution in [2.24, 2.45) is 0 Å². The Balaban J connectivity index is 2.05. The second-order valence-electron chi connectivity index (χ2n) is 4.36. The zero-order chi connectivity index (χ0) is 14.1. The molecule has 20 heavy (non-hydrogen) atoms. The van der Waals surface area contributed by atoms with E-state index >= 15 is 0 Å². The van der Waals surface area contributed by atoms with Crippen molar-refractivity contribution in [2.45, 2.75) is 0 Å². The Labute approximate surface area is 120 Å². The summed E-state index contributed by atoms with van der Waals surface area (Å²) >= 11 is 5.86. The first-order chi connectivity index (χ1) is 9.63. The van der Waals surface area contributed by atoms with Gasteiger partial charge in [0, 0.05) is 10.6 Å². The fraction of sp³-hybridized carbons (Fsp3) is 0. The average Bonchev–Trinajstić information content (AvgIpc) is 2.82. The van der Waals surface area contributed by atoms with Crippen molar-refractivity contribution < 1.29 is 4.39 Å². The predicted molar refractivity (Wildman–Crippen MR) is 78.4 cm³/mol. The van der Waals surface area contributed by atoms with Gasteiger partial charge in [-0.1, -0.05) is 29.8 Å². The molecule has 0 saturated heterocycles. The molecular formula is C15H11ClFN3. The minimum Gasteiger partial charge on any atom is -0.396 e. The minimum atomic E-state index is -0.315. The molecule has 0 unspecified atom stereocenters. The number of halogens is 2. The first-order valence-electron chi connectivity index (χ1n) is 6.00. The van der Waals surface area contributed by atoms with Gasteiger partial charge in [-0.05, 0) is 30.3 Å². The normalized spacial score (nSPS) is 10.7. The van der Waals surface area contributed by atoms with Crippen LogP contribution in [0.15, 0.2) is 54.7 Å². The topological polar surface area (TPSA) is 43.8 Å². The van der Waals surface area contributed by atoms with Crippen LogP contribution in [0.4, 0.5) is 10.1 Å². The van der Waals surface area contributed by atoms with Crippen molar-refractivity contribution in [3.8, 4) is 16.9 Å². The van der Waals surface area contributed by atoms with Gasteiger partial charge in [-0.2, -0.15) is 5.10 Å². The number of benzene rings is 2. The van der Waals surface area contributed by atoms with Crippen LogP contribution in [-0.2, 0) is 0 Å². The van der Waals surface area contributed by atoms with E-state index in [0.717, 1.165) is 5.56 Å². The van der Waals surface area contributed by atoms with E-state index in [2.05, 4.69) is 5.10 Å². The second kappa shape index (κ2) is 4.98. The highest BCUT2D eigenvalue weighted by molar-refractivity contribution is 6.30. The SMILES string of the molecule is Nc1cn(-c2cccc(F)c2)nc1-c1ccc(Cl)cc1. The van der Waals surface area contributed by atoms with Gasteiger partial charge in [0.1, 0.15) is 11.5 Å². The summed E-state index contributed by atoms with van der Waals surface area (Å²) in [4.78, 5) is 0. The van der Waals surface area contributed by atoms with Gasteiger partial charge in [0.2, 0.25) is 0 Å². The number of aromatic nitrogens is 2. The Morgan fingerprint density at radius 1 is 1.10 bits per heavy atom. The quantitative estimate of drug-likeness (QED) is 0.776. The lowest BCUT2D eigenvalue weighted by molar-refractivity contribution is 0.625. The van der Waals surface area contributed by atoms with Crippen molar-refractivity contribution in [3.05, 3.63) is 65.6 Å². The molecule has 0 atom stereocenters. The molecule has 100 valence electrons. The minimum absolute atomic E-state index is 0.315. The van der Waals surface area contributed by atoms with E-state index in [9.17, 15) is 4.39 Å². The molecule has 3 rings (SSSR count). The van der Waals surface area contributed by atoms with Crippen molar-refractivity contribution in [1.82, 2.24) is 9.78 Å². The van der Waals surface area contributed by atoms with Crippen LogP contribution in [0.3, 0.4) is 0 Å². The van der Waals surface area contributed by atoms with E-state index in [4.69, 9.17) is 17.3 Å². The van der Waals surface area contributed by atoms with Gasteiger partial charge < -0.3 is 5.73 Å². The fourth-order valence-electron chi connectivity index (χ4n) is 1.97. The molecule has 0 fully saturated rings. The van der Waals surface area contributed by atoms with E-state index in [1.54, 1.807) is 35.1 Å². The lowest BCUT2D eigenvalue weighted by Gasteiger charge is -2.01. The average molecular weight is 288 g/mol. The maximum absolute atomic E-state index is 13.2. The summed E-state index contributed by atoms with van der Waals surface area (Å²) < 4.78 is 14.8. The highest BCUT2D eigenvalue weighted by Gasteiger charge is 2.10. The smallest absolute Gasteiger partial charge is 0.125 e. The van der Waals surface area contributed by atoms with Crippen molar-refractivity contribution in [3.63, 3.8) is 0 Å². The Morgan fingerprint density at radius 3 is 2.55 bits per heavy atom. The van der Waals surface area contributed by atoms with Gasteiger partial charge in [0.05, 0.1) is 17.6 Å². The Kier molecular flexibility index (Phi) is 3.16. The van der Waals surface area contributed by atoms with Crippen molar-refractivity contribution >= 4 is 17.3 Å². The van der Waals surface area contributed by atoms with Crippen molar-refractivity contribution in [1.29, 1.82) is 0 Å². The van der Waals surface area contributed by atoms with Gasteiger partial charge in [-0.3, -0.25) is 0 Å². The van der Waals surface area contributed by atoms with Crippen LogP contribution in [-0.4, -0.2) is 9.78 Å². The Hall–Kier alpha value is -2.33. The van der Waals surface area contributed by atoms with Crippen LogP contribution in [0.5, 0.6) is 0 Å². The van der Waals surface area contributed by atoms with E-state index in [1.807, 2.05) is 12.1 Å². The molecule has 5 heteroatoms. The first kappa shape index (κ1) is 12.7. The van der Waals surface area contributed by atoms with E-state index in [0.29, 0.717) is 22.1 Å². The van der Waals surface area contributed by atoms with Crippen LogP contribution in [0, 0.1) is 5.82 Å². The summed E-state index contributed by atoms with van der Waals surface area (Å²) in [5, 5.41) is 5.05. The summed E-state index contributed by atoms with van der Waals surface area (Å²) in [5.41, 5.74) is 8.63. The molecule has 3 aromatic rings. The Bertz CT molecular complexity index is 750. The van der Waals surface area contributed by atoms with E-state index in [1.165, 1.54) is 12.1 Å². The zero-order valence-electron chi connectivity index (χ0n) is 10.4. The monoisotopic (exact) mass is 287 g/mol. The molecule has 0 spiro atoms. The highest BCUT2D eigenvalue weighted by atomic mass is 35.5. The summed E-state index contributed by atoms with van der Waals surface area (Å²) in [6, 6.07) is 13.4. The number of hydrogen-bond acceptors (Lipinski definition) is 2. The molecule has 2 aromatic carbocycles. The third kappa shape index (κ3) is 2.38. The lowest BCUT2D eigenvalue weighted by atomic mass is 10.1. The van der Waals surface area contributed by atoms with Crippen LogP contribution in [0.1, 0.15) is 0 Å². The molecule has 0 amide bonds. The van der Waals surface area contributed by atoms with Gasteiger partial charge >= 0.3 is 0 Å². The third-order valence-corrected chi connectivity index (χ3v) is 3.18. The summed E-state index contributed by atoms with van der Waals surface area (Å²) in [5.74, 6) is -0.315. The molecule has 2 N–H and O–H groups in total. The molecule has 3 nitrogen and oxygen atoms in total. The molecule has 0 radical (unpaired) electrons. The number of nitrogens with zero attached hydrogens (tertiary/aromatic N) is 2. The molecule has 0 aliphatic heterocycles. The number of hydrogen-bond donors (Lipinski definition) is 1. The first-order valence-corrected chi connectivity index (χ1v) is 6.38. The number of rotatable bonds is 2. The van der Waals surface area contributed by atoms with E-state index in [-0.39, 0.29) is 5.82 Å². The summed E-state index contributed by atoms with van der Waals surface area (Å²) in [7, 11) is 0.